The van der Waals surface area contributed by atoms with Gasteiger partial charge in [0.25, 0.3) is 0 Å². The fourth-order valence-electron chi connectivity index (χ4n) is 3.46. The predicted octanol–water partition coefficient (Wildman–Crippen LogP) is 2.73. The molecule has 0 saturated carbocycles. The zero-order valence-electron chi connectivity index (χ0n) is 14.1. The number of aliphatic hydroxyl groups excluding tert-OH is 2. The van der Waals surface area contributed by atoms with Crippen LogP contribution in [0.5, 0.6) is 0 Å². The van der Waals surface area contributed by atoms with E-state index in [1.807, 2.05) is 31.3 Å². The maximum absolute atomic E-state index is 13.4. The number of aromatic amines is 1. The average Bonchev–Trinajstić information content (AvgIpc) is 3.16. The summed E-state index contributed by atoms with van der Waals surface area (Å²) in [5.74, 6) is -0.290. The van der Waals surface area contributed by atoms with E-state index in [1.54, 1.807) is 10.4 Å². The van der Waals surface area contributed by atoms with E-state index >= 15 is 0 Å². The Balaban J connectivity index is 1.74. The summed E-state index contributed by atoms with van der Waals surface area (Å²) in [7, 11) is -1.37. The molecule has 2 heterocycles. The molecule has 1 aliphatic heterocycles. The van der Waals surface area contributed by atoms with Crippen LogP contribution in [-0.2, 0) is 11.0 Å². The molecule has 1 aromatic heterocycles. The Morgan fingerprint density at radius 2 is 2.12 bits per heavy atom. The van der Waals surface area contributed by atoms with Crippen molar-refractivity contribution >= 4 is 21.9 Å². The van der Waals surface area contributed by atoms with Crippen LogP contribution in [0.3, 0.4) is 0 Å². The third kappa shape index (κ3) is 2.77. The van der Waals surface area contributed by atoms with Gasteiger partial charge in [0.1, 0.15) is 16.8 Å². The van der Waals surface area contributed by atoms with E-state index < -0.39 is 17.1 Å². The Morgan fingerprint density at radius 1 is 1.31 bits per heavy atom. The second-order valence-electron chi connectivity index (χ2n) is 6.51. The van der Waals surface area contributed by atoms with Crippen LogP contribution in [0.2, 0.25) is 0 Å². The molecule has 3 unspecified atom stereocenters. The first-order valence-electron chi connectivity index (χ1n) is 8.38. The summed E-state index contributed by atoms with van der Waals surface area (Å²) in [5.41, 5.74) is 3.57. The van der Waals surface area contributed by atoms with Gasteiger partial charge in [0.05, 0.1) is 17.6 Å². The molecular weight excluding hydrogens is 355 g/mol. The normalized spacial score (nSPS) is 21.2. The van der Waals surface area contributed by atoms with E-state index in [0.29, 0.717) is 0 Å². The highest BCUT2D eigenvalue weighted by Gasteiger charge is 2.35. The Morgan fingerprint density at radius 3 is 2.88 bits per heavy atom. The van der Waals surface area contributed by atoms with Gasteiger partial charge in [0, 0.05) is 35.2 Å². The Hall–Kier alpha value is -2.06. The van der Waals surface area contributed by atoms with Crippen molar-refractivity contribution in [2.24, 2.45) is 0 Å². The number of aliphatic hydroxyl groups is 2. The number of benzene rings is 2. The van der Waals surface area contributed by atoms with E-state index in [1.165, 1.54) is 12.1 Å². The van der Waals surface area contributed by atoms with Crippen molar-refractivity contribution in [1.29, 1.82) is 0 Å². The van der Waals surface area contributed by atoms with Gasteiger partial charge >= 0.3 is 0 Å². The van der Waals surface area contributed by atoms with Gasteiger partial charge in [-0.15, -0.1) is 0 Å². The number of nitrogens with one attached hydrogen (secondary N) is 1. The number of halogens is 1. The molecule has 3 aromatic rings. The topological polar surface area (TPSA) is 76.6 Å². The van der Waals surface area contributed by atoms with Crippen molar-refractivity contribution in [3.8, 4) is 11.1 Å². The number of fused-ring (bicyclic) bond motifs is 2. The summed E-state index contributed by atoms with van der Waals surface area (Å²) >= 11 is 0. The van der Waals surface area contributed by atoms with E-state index in [9.17, 15) is 13.7 Å². The molecule has 0 saturated heterocycles. The molecule has 1 aliphatic rings. The fourth-order valence-corrected chi connectivity index (χ4v) is 5.03. The fraction of sp³-hybridized carbons (Fsp3) is 0.263. The van der Waals surface area contributed by atoms with Crippen molar-refractivity contribution in [3.05, 3.63) is 54.0 Å². The Kier molecular flexibility index (Phi) is 4.40. The number of hydrogen-bond donors (Lipinski definition) is 3. The summed E-state index contributed by atoms with van der Waals surface area (Å²) in [5, 5.41) is 19.7. The van der Waals surface area contributed by atoms with Gasteiger partial charge in [0.15, 0.2) is 0 Å². The minimum atomic E-state index is -1.37. The molecule has 0 spiro atoms. The molecule has 136 valence electrons. The first kappa shape index (κ1) is 17.4. The summed E-state index contributed by atoms with van der Waals surface area (Å²) < 4.78 is 27.8. The third-order valence-corrected chi connectivity index (χ3v) is 6.49. The summed E-state index contributed by atoms with van der Waals surface area (Å²) in [4.78, 5) is 3.81. The molecule has 0 amide bonds. The lowest BCUT2D eigenvalue weighted by molar-refractivity contribution is 0.0749. The largest absolute Gasteiger partial charge is 0.394 e. The molecule has 3 atom stereocenters. The molecule has 3 N–H and O–H groups in total. The van der Waals surface area contributed by atoms with Gasteiger partial charge in [-0.1, -0.05) is 6.07 Å². The molecule has 5 nitrogen and oxygen atoms in total. The summed E-state index contributed by atoms with van der Waals surface area (Å²) in [6, 6.07) is 10.2. The van der Waals surface area contributed by atoms with Crippen LogP contribution in [0.1, 0.15) is 18.5 Å². The van der Waals surface area contributed by atoms with Crippen LogP contribution in [0.25, 0.3) is 22.0 Å². The van der Waals surface area contributed by atoms with Gasteiger partial charge in [-0.3, -0.25) is 0 Å². The van der Waals surface area contributed by atoms with Crippen molar-refractivity contribution in [2.75, 3.05) is 13.2 Å². The predicted molar refractivity (Wildman–Crippen MR) is 98.3 cm³/mol. The smallest absolute Gasteiger partial charge is 0.128 e. The van der Waals surface area contributed by atoms with Gasteiger partial charge in [-0.25, -0.2) is 12.9 Å². The van der Waals surface area contributed by atoms with Crippen LogP contribution in [0.4, 0.5) is 4.39 Å². The molecule has 0 bridgehead atoms. The Bertz CT molecular complexity index is 1000. The van der Waals surface area contributed by atoms with Crippen LogP contribution < -0.4 is 0 Å². The zero-order chi connectivity index (χ0) is 18.4. The van der Waals surface area contributed by atoms with E-state index in [-0.39, 0.29) is 25.0 Å². The molecule has 26 heavy (non-hydrogen) atoms. The van der Waals surface area contributed by atoms with Crippen LogP contribution in [0.15, 0.2) is 47.5 Å². The second-order valence-corrected chi connectivity index (χ2v) is 7.91. The highest BCUT2D eigenvalue weighted by Crippen LogP contribution is 2.40. The van der Waals surface area contributed by atoms with Gasteiger partial charge < -0.3 is 15.2 Å². The van der Waals surface area contributed by atoms with Crippen LogP contribution in [-0.4, -0.2) is 43.0 Å². The van der Waals surface area contributed by atoms with E-state index in [4.69, 9.17) is 5.11 Å². The second kappa shape index (κ2) is 6.59. The van der Waals surface area contributed by atoms with Gasteiger partial charge in [-0.05, 0) is 48.4 Å². The number of nitrogens with zero attached hydrogens (tertiary/aromatic N) is 1. The molecule has 0 fully saturated rings. The van der Waals surface area contributed by atoms with E-state index in [2.05, 4.69) is 4.98 Å². The molecule has 4 rings (SSSR count). The van der Waals surface area contributed by atoms with E-state index in [0.717, 1.165) is 32.5 Å². The molecule has 2 aromatic carbocycles. The van der Waals surface area contributed by atoms with Crippen molar-refractivity contribution in [1.82, 2.24) is 9.29 Å². The minimum Gasteiger partial charge on any atom is -0.394 e. The third-order valence-electron chi connectivity index (χ3n) is 4.85. The number of H-pyrrole nitrogens is 1. The summed E-state index contributed by atoms with van der Waals surface area (Å²) in [6.45, 7) is 1.71. The maximum atomic E-state index is 13.4. The summed E-state index contributed by atoms with van der Waals surface area (Å²) in [6.07, 6.45) is 0.911. The van der Waals surface area contributed by atoms with Gasteiger partial charge in [0.2, 0.25) is 0 Å². The number of β-amino-alcohol motifs (C(OH)–C–C–N with tert-alkyl or cyclic N) is 1. The minimum absolute atomic E-state index is 0.140. The average molecular weight is 374 g/mol. The molecule has 0 aliphatic carbocycles. The first-order chi connectivity index (χ1) is 12.5. The molecule has 0 radical (unpaired) electrons. The van der Waals surface area contributed by atoms with Crippen molar-refractivity contribution < 1.29 is 18.8 Å². The maximum Gasteiger partial charge on any atom is 0.128 e. The standard InChI is InChI=1S/C19H19FN2O3S/c1-11-16-6-12(17-8-21-18-7-13(20)3-4-15(17)18)2-5-19(16)26(25)22(11)9-14(24)10-23/h2-8,11,14,21,23-24H,9-10H2,1H3. The van der Waals surface area contributed by atoms with Crippen LogP contribution >= 0.6 is 0 Å². The van der Waals surface area contributed by atoms with Crippen molar-refractivity contribution in [2.45, 2.75) is 24.0 Å². The highest BCUT2D eigenvalue weighted by atomic mass is 32.2. The lowest BCUT2D eigenvalue weighted by atomic mass is 9.99. The first-order valence-corrected chi connectivity index (χ1v) is 9.48. The van der Waals surface area contributed by atoms with Crippen LogP contribution in [0, 0.1) is 5.82 Å². The monoisotopic (exact) mass is 374 g/mol. The lowest BCUT2D eigenvalue weighted by Gasteiger charge is -2.21. The molecular formula is C19H19FN2O3S. The number of hydrogen-bond acceptors (Lipinski definition) is 3. The van der Waals surface area contributed by atoms with Crippen molar-refractivity contribution in [3.63, 3.8) is 0 Å². The number of rotatable bonds is 4. The number of aromatic nitrogens is 1. The Labute approximate surface area is 152 Å². The SMILES string of the molecule is CC1c2cc(-c3c[nH]c4cc(F)ccc34)ccc2S(=O)N1CC(O)CO. The lowest BCUT2D eigenvalue weighted by Crippen LogP contribution is -2.33. The zero-order valence-corrected chi connectivity index (χ0v) is 15.0. The molecule has 7 heteroatoms. The van der Waals surface area contributed by atoms with Gasteiger partial charge in [-0.2, -0.15) is 0 Å². The highest BCUT2D eigenvalue weighted by molar-refractivity contribution is 7.83. The quantitative estimate of drug-likeness (QED) is 0.657.